The Balaban J connectivity index is 1.96. The first kappa shape index (κ1) is 22.0. The maximum atomic E-state index is 13.3. The van der Waals surface area contributed by atoms with Crippen molar-refractivity contribution in [3.63, 3.8) is 0 Å². The van der Waals surface area contributed by atoms with E-state index in [1.807, 2.05) is 13.0 Å². The zero-order valence-corrected chi connectivity index (χ0v) is 18.3. The van der Waals surface area contributed by atoms with Crippen molar-refractivity contribution < 1.29 is 19.4 Å². The second kappa shape index (κ2) is 8.56. The molecule has 0 fully saturated rings. The fourth-order valence-electron chi connectivity index (χ4n) is 3.97. The first-order chi connectivity index (χ1) is 13.6. The van der Waals surface area contributed by atoms with Crippen LogP contribution in [0.4, 0.5) is 0 Å². The molecule has 2 amide bonds. The van der Waals surface area contributed by atoms with Crippen molar-refractivity contribution in [2.45, 2.75) is 39.4 Å². The molecule has 2 heterocycles. The van der Waals surface area contributed by atoms with Crippen LogP contribution in [0.1, 0.15) is 48.4 Å². The maximum absolute atomic E-state index is 13.3. The molecule has 1 N–H and O–H groups in total. The van der Waals surface area contributed by atoms with Crippen LogP contribution in [0.25, 0.3) is 0 Å². The van der Waals surface area contributed by atoms with Gasteiger partial charge in [-0.15, -0.1) is 0 Å². The van der Waals surface area contributed by atoms with E-state index in [0.717, 1.165) is 5.57 Å². The van der Waals surface area contributed by atoms with E-state index in [-0.39, 0.29) is 23.4 Å². The number of hydrogen-bond donors (Lipinski definition) is 1. The monoisotopic (exact) mass is 438 g/mol. The average molecular weight is 439 g/mol. The van der Waals surface area contributed by atoms with Crippen molar-refractivity contribution in [2.24, 2.45) is 10.9 Å². The molecule has 0 saturated heterocycles. The Labute approximate surface area is 180 Å². The van der Waals surface area contributed by atoms with Gasteiger partial charge in [0.15, 0.2) is 0 Å². The SMILES string of the molecule is COC(c1cc(Cl)c2c(c1Cl)C(=O)N(CC1C(=O)N=C(C)C=C1C)CC2)C(C)O. The molecule has 0 saturated carbocycles. The van der Waals surface area contributed by atoms with Crippen LogP contribution in [-0.2, 0) is 16.0 Å². The third-order valence-corrected chi connectivity index (χ3v) is 6.19. The van der Waals surface area contributed by atoms with Crippen LogP contribution in [0.15, 0.2) is 22.7 Å². The van der Waals surface area contributed by atoms with Gasteiger partial charge in [0.2, 0.25) is 0 Å². The van der Waals surface area contributed by atoms with Crippen LogP contribution in [-0.4, -0.2) is 53.8 Å². The van der Waals surface area contributed by atoms with Gasteiger partial charge < -0.3 is 14.7 Å². The largest absolute Gasteiger partial charge is 0.390 e. The normalized spacial score (nSPS) is 21.5. The van der Waals surface area contributed by atoms with Gasteiger partial charge in [0.1, 0.15) is 6.10 Å². The van der Waals surface area contributed by atoms with Crippen LogP contribution < -0.4 is 0 Å². The summed E-state index contributed by atoms with van der Waals surface area (Å²) < 4.78 is 5.36. The summed E-state index contributed by atoms with van der Waals surface area (Å²) in [5, 5.41) is 10.7. The first-order valence-corrected chi connectivity index (χ1v) is 10.2. The van der Waals surface area contributed by atoms with Crippen LogP contribution in [0.3, 0.4) is 0 Å². The van der Waals surface area contributed by atoms with Gasteiger partial charge >= 0.3 is 0 Å². The molecule has 2 aliphatic rings. The zero-order valence-electron chi connectivity index (χ0n) is 16.8. The molecule has 3 rings (SSSR count). The molecule has 1 aromatic rings. The van der Waals surface area contributed by atoms with E-state index in [9.17, 15) is 14.7 Å². The Kier molecular flexibility index (Phi) is 6.48. The van der Waals surface area contributed by atoms with Crippen molar-refractivity contribution in [3.8, 4) is 0 Å². The summed E-state index contributed by atoms with van der Waals surface area (Å²) in [5.74, 6) is -0.995. The van der Waals surface area contributed by atoms with Gasteiger partial charge in [-0.05, 0) is 44.9 Å². The molecule has 2 aliphatic heterocycles. The highest BCUT2D eigenvalue weighted by atomic mass is 35.5. The molecule has 0 spiro atoms. The molecular weight excluding hydrogens is 415 g/mol. The number of nitrogens with zero attached hydrogens (tertiary/aromatic N) is 2. The molecule has 8 heteroatoms. The van der Waals surface area contributed by atoms with Crippen LogP contribution in [0, 0.1) is 5.92 Å². The second-order valence-electron chi connectivity index (χ2n) is 7.55. The van der Waals surface area contributed by atoms with Crippen molar-refractivity contribution >= 4 is 40.7 Å². The van der Waals surface area contributed by atoms with Crippen molar-refractivity contribution in [3.05, 3.63) is 44.5 Å². The molecule has 3 unspecified atom stereocenters. The second-order valence-corrected chi connectivity index (χ2v) is 8.33. The van der Waals surface area contributed by atoms with Gasteiger partial charge in [0.25, 0.3) is 11.8 Å². The molecule has 0 bridgehead atoms. The van der Waals surface area contributed by atoms with E-state index >= 15 is 0 Å². The Morgan fingerprint density at radius 1 is 1.34 bits per heavy atom. The molecule has 6 nitrogen and oxygen atoms in total. The number of halogens is 2. The lowest BCUT2D eigenvalue weighted by Gasteiger charge is -2.33. The van der Waals surface area contributed by atoms with E-state index in [0.29, 0.717) is 40.4 Å². The molecule has 29 heavy (non-hydrogen) atoms. The highest BCUT2D eigenvalue weighted by Crippen LogP contribution is 2.39. The lowest BCUT2D eigenvalue weighted by Crippen LogP contribution is -2.43. The van der Waals surface area contributed by atoms with E-state index in [1.54, 1.807) is 24.8 Å². The summed E-state index contributed by atoms with van der Waals surface area (Å²) in [7, 11) is 1.46. The predicted molar refractivity (Wildman–Crippen MR) is 113 cm³/mol. The highest BCUT2D eigenvalue weighted by Gasteiger charge is 2.35. The minimum absolute atomic E-state index is 0.225. The number of hydrogen-bond acceptors (Lipinski definition) is 4. The van der Waals surface area contributed by atoms with E-state index in [2.05, 4.69) is 4.99 Å². The Bertz CT molecular complexity index is 924. The zero-order chi connectivity index (χ0) is 21.5. The van der Waals surface area contributed by atoms with Gasteiger partial charge in [-0.1, -0.05) is 28.8 Å². The van der Waals surface area contributed by atoms with E-state index in [1.165, 1.54) is 7.11 Å². The number of allylic oxidation sites excluding steroid dienone is 1. The molecule has 156 valence electrons. The highest BCUT2D eigenvalue weighted by molar-refractivity contribution is 6.37. The number of methoxy groups -OCH3 is 1. The minimum Gasteiger partial charge on any atom is -0.390 e. The fraction of sp³-hybridized carbons (Fsp3) is 0.476. The molecule has 0 aromatic heterocycles. The van der Waals surface area contributed by atoms with Gasteiger partial charge in [-0.3, -0.25) is 9.59 Å². The van der Waals surface area contributed by atoms with Crippen LogP contribution >= 0.6 is 23.2 Å². The molecular formula is C21H24Cl2N2O4. The number of aliphatic hydroxyl groups excluding tert-OH is 1. The van der Waals surface area contributed by atoms with E-state index in [4.69, 9.17) is 27.9 Å². The summed E-state index contributed by atoms with van der Waals surface area (Å²) in [6, 6.07) is 1.65. The lowest BCUT2D eigenvalue weighted by atomic mass is 9.91. The topological polar surface area (TPSA) is 79.2 Å². The summed E-state index contributed by atoms with van der Waals surface area (Å²) >= 11 is 13.0. The van der Waals surface area contributed by atoms with Crippen molar-refractivity contribution in [2.75, 3.05) is 20.2 Å². The van der Waals surface area contributed by atoms with Crippen molar-refractivity contribution in [1.82, 2.24) is 4.90 Å². The van der Waals surface area contributed by atoms with Crippen LogP contribution in [0.5, 0.6) is 0 Å². The molecule has 0 radical (unpaired) electrons. The standard InChI is InChI=1S/C21H24Cl2N2O4/c1-10-7-11(2)24-20(27)15(10)9-25-6-5-13-16(22)8-14(19(29-4)12(3)26)18(23)17(13)21(25)28/h7-8,12,15,19,26H,5-6,9H2,1-4H3. The predicted octanol–water partition coefficient (Wildman–Crippen LogP) is 3.62. The third kappa shape index (κ3) is 4.12. The summed E-state index contributed by atoms with van der Waals surface area (Å²) in [5.41, 5.74) is 3.01. The quantitative estimate of drug-likeness (QED) is 0.760. The number of aliphatic imine (C=N–C) groups is 1. The number of amides is 2. The fourth-order valence-corrected chi connectivity index (χ4v) is 4.64. The van der Waals surface area contributed by atoms with Crippen molar-refractivity contribution in [1.29, 1.82) is 0 Å². The maximum Gasteiger partial charge on any atom is 0.255 e. The summed E-state index contributed by atoms with van der Waals surface area (Å²) in [4.78, 5) is 31.3. The number of fused-ring (bicyclic) bond motifs is 1. The number of aliphatic hydroxyl groups is 1. The molecule has 3 atom stereocenters. The summed E-state index contributed by atoms with van der Waals surface area (Å²) in [6.07, 6.45) is 0.839. The van der Waals surface area contributed by atoms with Gasteiger partial charge in [0, 0.05) is 36.5 Å². The third-order valence-electron chi connectivity index (χ3n) is 5.45. The average Bonchev–Trinajstić information content (AvgIpc) is 2.63. The smallest absolute Gasteiger partial charge is 0.255 e. The lowest BCUT2D eigenvalue weighted by molar-refractivity contribution is -0.120. The minimum atomic E-state index is -0.838. The number of dihydropyridines is 1. The first-order valence-electron chi connectivity index (χ1n) is 9.43. The van der Waals surface area contributed by atoms with Gasteiger partial charge in [-0.25, -0.2) is 4.99 Å². The summed E-state index contributed by atoms with van der Waals surface area (Å²) in [6.45, 7) is 5.90. The number of carbonyl (C=O) groups excluding carboxylic acids is 2. The van der Waals surface area contributed by atoms with Crippen LogP contribution in [0.2, 0.25) is 10.0 Å². The number of benzene rings is 1. The number of ether oxygens (including phenoxy) is 1. The Hall–Kier alpha value is -1.73. The molecule has 0 aliphatic carbocycles. The van der Waals surface area contributed by atoms with Gasteiger partial charge in [-0.2, -0.15) is 0 Å². The van der Waals surface area contributed by atoms with Gasteiger partial charge in [0.05, 0.1) is 22.6 Å². The van der Waals surface area contributed by atoms with E-state index < -0.39 is 18.1 Å². The Morgan fingerprint density at radius 3 is 2.62 bits per heavy atom. The number of carbonyl (C=O) groups is 2. The Morgan fingerprint density at radius 2 is 2.03 bits per heavy atom. The molecule has 1 aromatic carbocycles. The number of rotatable bonds is 5.